The van der Waals surface area contributed by atoms with Crippen LogP contribution in [0.25, 0.3) is 0 Å². The Balaban J connectivity index is 1.69. The summed E-state index contributed by atoms with van der Waals surface area (Å²) in [7, 11) is -3.81. The van der Waals surface area contributed by atoms with E-state index in [1.165, 1.54) is 12.1 Å². The van der Waals surface area contributed by atoms with E-state index in [4.69, 9.17) is 9.47 Å². The summed E-state index contributed by atoms with van der Waals surface area (Å²) in [6.07, 6.45) is 4.05. The van der Waals surface area contributed by atoms with Gasteiger partial charge in [-0.1, -0.05) is 30.3 Å². The van der Waals surface area contributed by atoms with Gasteiger partial charge in [-0.3, -0.25) is 4.98 Å². The van der Waals surface area contributed by atoms with Crippen LogP contribution in [0, 0.1) is 0 Å². The highest BCUT2D eigenvalue weighted by Crippen LogP contribution is 2.33. The molecule has 1 atom stereocenters. The molecule has 7 heteroatoms. The molecular weight excluding hydrogens is 376 g/mol. The number of fused-ring (bicyclic) bond motifs is 1. The van der Waals surface area contributed by atoms with Gasteiger partial charge in [0.25, 0.3) is 0 Å². The minimum Gasteiger partial charge on any atom is -0.490 e. The quantitative estimate of drug-likeness (QED) is 0.716. The smallest absolute Gasteiger partial charge is 0.241 e. The van der Waals surface area contributed by atoms with E-state index in [1.807, 2.05) is 30.3 Å². The zero-order chi connectivity index (χ0) is 19.4. The van der Waals surface area contributed by atoms with Crippen molar-refractivity contribution >= 4 is 10.0 Å². The molecule has 3 aromatic rings. The van der Waals surface area contributed by atoms with Crippen LogP contribution in [0.3, 0.4) is 0 Å². The highest BCUT2D eigenvalue weighted by atomic mass is 32.2. The molecule has 0 bridgehead atoms. The highest BCUT2D eigenvalue weighted by Gasteiger charge is 2.24. The van der Waals surface area contributed by atoms with Gasteiger partial charge in [0.2, 0.25) is 10.0 Å². The number of hydrogen-bond acceptors (Lipinski definition) is 5. The first kappa shape index (κ1) is 18.5. The van der Waals surface area contributed by atoms with E-state index in [-0.39, 0.29) is 4.90 Å². The molecule has 6 nitrogen and oxygen atoms in total. The summed E-state index contributed by atoms with van der Waals surface area (Å²) in [4.78, 5) is 4.16. The van der Waals surface area contributed by atoms with Crippen LogP contribution >= 0.6 is 0 Å². The van der Waals surface area contributed by atoms with Crippen LogP contribution in [-0.4, -0.2) is 26.6 Å². The Labute approximate surface area is 164 Å². The predicted octanol–water partition coefficient (Wildman–Crippen LogP) is 3.31. The second kappa shape index (κ2) is 8.00. The molecule has 1 unspecified atom stereocenters. The lowest BCUT2D eigenvalue weighted by atomic mass is 10.0. The molecule has 0 aliphatic carbocycles. The topological polar surface area (TPSA) is 77.5 Å². The lowest BCUT2D eigenvalue weighted by Crippen LogP contribution is -2.29. The van der Waals surface area contributed by atoms with Crippen molar-refractivity contribution in [3.05, 3.63) is 84.2 Å². The van der Waals surface area contributed by atoms with E-state index in [1.54, 1.807) is 30.6 Å². The molecule has 0 spiro atoms. The highest BCUT2D eigenvalue weighted by molar-refractivity contribution is 7.89. The Bertz CT molecular complexity index is 1000. The van der Waals surface area contributed by atoms with Crippen molar-refractivity contribution in [2.24, 2.45) is 0 Å². The number of benzene rings is 2. The van der Waals surface area contributed by atoms with Crippen LogP contribution in [0.15, 0.2) is 78.0 Å². The van der Waals surface area contributed by atoms with Crippen molar-refractivity contribution in [1.29, 1.82) is 0 Å². The third-order valence-corrected chi connectivity index (χ3v) is 5.90. The minimum absolute atomic E-state index is 0.131. The van der Waals surface area contributed by atoms with Gasteiger partial charge in [-0.25, -0.2) is 8.42 Å². The maximum Gasteiger partial charge on any atom is 0.241 e. The van der Waals surface area contributed by atoms with E-state index in [2.05, 4.69) is 9.71 Å². The molecule has 0 saturated carbocycles. The maximum atomic E-state index is 13.1. The van der Waals surface area contributed by atoms with E-state index in [0.29, 0.717) is 24.7 Å². The number of nitrogens with zero attached hydrogens (tertiary/aromatic N) is 1. The molecule has 144 valence electrons. The maximum absolute atomic E-state index is 13.1. The van der Waals surface area contributed by atoms with Gasteiger partial charge in [-0.15, -0.1) is 0 Å². The second-order valence-electron chi connectivity index (χ2n) is 6.40. The zero-order valence-corrected chi connectivity index (χ0v) is 15.9. The van der Waals surface area contributed by atoms with Gasteiger partial charge in [0.1, 0.15) is 0 Å². The van der Waals surface area contributed by atoms with Crippen LogP contribution in [-0.2, 0) is 10.0 Å². The molecule has 2 aromatic carbocycles. The Kier molecular flexibility index (Phi) is 5.27. The van der Waals surface area contributed by atoms with Crippen LogP contribution < -0.4 is 14.2 Å². The first-order valence-electron chi connectivity index (χ1n) is 9.00. The molecule has 0 radical (unpaired) electrons. The molecule has 0 saturated heterocycles. The molecule has 2 heterocycles. The van der Waals surface area contributed by atoms with Crippen LogP contribution in [0.5, 0.6) is 11.5 Å². The molecular formula is C21H20N2O4S. The molecule has 1 N–H and O–H groups in total. The summed E-state index contributed by atoms with van der Waals surface area (Å²) in [6.45, 7) is 1.04. The van der Waals surface area contributed by atoms with Crippen molar-refractivity contribution in [2.75, 3.05) is 13.2 Å². The number of rotatable bonds is 5. The van der Waals surface area contributed by atoms with Crippen molar-refractivity contribution in [3.63, 3.8) is 0 Å². The van der Waals surface area contributed by atoms with Gasteiger partial charge in [-0.05, 0) is 35.4 Å². The van der Waals surface area contributed by atoms with Gasteiger partial charge in [0.05, 0.1) is 24.2 Å². The van der Waals surface area contributed by atoms with Crippen LogP contribution in [0.1, 0.15) is 23.6 Å². The summed E-state index contributed by atoms with van der Waals surface area (Å²) in [6, 6.07) is 17.2. The lowest BCUT2D eigenvalue weighted by molar-refractivity contribution is 0.297. The standard InChI is InChI=1S/C21H20N2O4S/c24-28(25,18-7-8-19-20(15-18)27-14-4-13-26-19)23-21(16-5-2-1-3-6-16)17-9-11-22-12-10-17/h1-3,5-12,15,21,23H,4,13-14H2. The van der Waals surface area contributed by atoms with Gasteiger partial charge < -0.3 is 9.47 Å². The number of ether oxygens (including phenoxy) is 2. The lowest BCUT2D eigenvalue weighted by Gasteiger charge is -2.20. The van der Waals surface area contributed by atoms with Crippen LogP contribution in [0.4, 0.5) is 0 Å². The number of aromatic nitrogens is 1. The van der Waals surface area contributed by atoms with Crippen molar-refractivity contribution < 1.29 is 17.9 Å². The first-order chi connectivity index (χ1) is 13.6. The number of hydrogen-bond donors (Lipinski definition) is 1. The molecule has 28 heavy (non-hydrogen) atoms. The molecule has 1 aromatic heterocycles. The van der Waals surface area contributed by atoms with Gasteiger partial charge in [-0.2, -0.15) is 4.72 Å². The van der Waals surface area contributed by atoms with Crippen LogP contribution in [0.2, 0.25) is 0 Å². The largest absolute Gasteiger partial charge is 0.490 e. The zero-order valence-electron chi connectivity index (χ0n) is 15.1. The fourth-order valence-corrected chi connectivity index (χ4v) is 4.29. The monoisotopic (exact) mass is 396 g/mol. The Morgan fingerprint density at radius 3 is 2.29 bits per heavy atom. The SMILES string of the molecule is O=S(=O)(NC(c1ccccc1)c1ccncc1)c1ccc2c(c1)OCCCO2. The molecule has 4 rings (SSSR count). The minimum atomic E-state index is -3.81. The van der Waals surface area contributed by atoms with Gasteiger partial charge in [0.15, 0.2) is 11.5 Å². The van der Waals surface area contributed by atoms with Crippen molar-refractivity contribution in [1.82, 2.24) is 9.71 Å². The summed E-state index contributed by atoms with van der Waals surface area (Å²) < 4.78 is 40.3. The summed E-state index contributed by atoms with van der Waals surface area (Å²) >= 11 is 0. The van der Waals surface area contributed by atoms with Gasteiger partial charge in [0, 0.05) is 24.9 Å². The van der Waals surface area contributed by atoms with Gasteiger partial charge >= 0.3 is 0 Å². The summed E-state index contributed by atoms with van der Waals surface area (Å²) in [5.74, 6) is 1.01. The predicted molar refractivity (Wildman–Crippen MR) is 105 cm³/mol. The fourth-order valence-electron chi connectivity index (χ4n) is 3.06. The molecule has 0 fully saturated rings. The Hall–Kier alpha value is -2.90. The molecule has 1 aliphatic rings. The third-order valence-electron chi connectivity index (χ3n) is 4.47. The normalized spacial score (nSPS) is 14.9. The number of pyridine rings is 1. The van der Waals surface area contributed by atoms with Crippen molar-refractivity contribution in [2.45, 2.75) is 17.4 Å². The Morgan fingerprint density at radius 1 is 0.857 bits per heavy atom. The van der Waals surface area contributed by atoms with E-state index in [9.17, 15) is 8.42 Å². The Morgan fingerprint density at radius 2 is 1.54 bits per heavy atom. The molecule has 1 aliphatic heterocycles. The number of nitrogens with one attached hydrogen (secondary N) is 1. The third kappa shape index (κ3) is 4.00. The van der Waals surface area contributed by atoms with E-state index < -0.39 is 16.1 Å². The van der Waals surface area contributed by atoms with E-state index in [0.717, 1.165) is 17.5 Å². The average molecular weight is 396 g/mol. The second-order valence-corrected chi connectivity index (χ2v) is 8.12. The fraction of sp³-hybridized carbons (Fsp3) is 0.190. The number of sulfonamides is 1. The van der Waals surface area contributed by atoms with Crippen molar-refractivity contribution in [3.8, 4) is 11.5 Å². The van der Waals surface area contributed by atoms with E-state index >= 15 is 0 Å². The first-order valence-corrected chi connectivity index (χ1v) is 10.5. The average Bonchev–Trinajstić information content (AvgIpc) is 2.98. The molecule has 0 amide bonds. The summed E-state index contributed by atoms with van der Waals surface area (Å²) in [5.41, 5.74) is 1.64. The summed E-state index contributed by atoms with van der Waals surface area (Å²) in [5, 5.41) is 0.